The van der Waals surface area contributed by atoms with Gasteiger partial charge in [0.15, 0.2) is 0 Å². The summed E-state index contributed by atoms with van der Waals surface area (Å²) in [5.41, 5.74) is 4.23. The van der Waals surface area contributed by atoms with Crippen molar-refractivity contribution in [2.75, 3.05) is 26.2 Å². The van der Waals surface area contributed by atoms with Gasteiger partial charge in [0.2, 0.25) is 0 Å². The zero-order valence-electron chi connectivity index (χ0n) is 20.7. The highest BCUT2D eigenvalue weighted by molar-refractivity contribution is 6.53. The third-order valence-electron chi connectivity index (χ3n) is 6.23. The summed E-state index contributed by atoms with van der Waals surface area (Å²) >= 11 is 6.92. The molecule has 0 unspecified atom stereocenters. The first-order chi connectivity index (χ1) is 16.7. The van der Waals surface area contributed by atoms with Crippen molar-refractivity contribution >= 4 is 22.2 Å². The minimum absolute atomic E-state index is 0.751. The average molecular weight is 476 g/mol. The molecule has 0 radical (unpaired) electrons. The number of ether oxygens (including phenoxy) is 1. The van der Waals surface area contributed by atoms with Gasteiger partial charge in [-0.3, -0.25) is 0 Å². The highest BCUT2D eigenvalue weighted by atomic mass is 35.5. The van der Waals surface area contributed by atoms with Crippen molar-refractivity contribution in [2.24, 2.45) is 0 Å². The Morgan fingerprint density at radius 1 is 0.647 bits per heavy atom. The normalized spacial score (nSPS) is 12.0. The zero-order chi connectivity index (χ0) is 24.0. The lowest BCUT2D eigenvalue weighted by Crippen LogP contribution is -2.23. The smallest absolute Gasteiger partial charge is 0.119 e. The summed E-state index contributed by atoms with van der Waals surface area (Å²) in [6.45, 7) is 8.79. The van der Waals surface area contributed by atoms with E-state index in [1.165, 1.54) is 32.2 Å². The van der Waals surface area contributed by atoms with Crippen LogP contribution in [0.3, 0.4) is 0 Å². The van der Waals surface area contributed by atoms with E-state index in [4.69, 9.17) is 16.3 Å². The first-order valence-electron chi connectivity index (χ1n) is 12.7. The van der Waals surface area contributed by atoms with Gasteiger partial charge in [-0.1, -0.05) is 118 Å². The lowest BCUT2D eigenvalue weighted by atomic mass is 9.95. The Kier molecular flexibility index (Phi) is 11.2. The van der Waals surface area contributed by atoms with Crippen molar-refractivity contribution < 1.29 is 4.74 Å². The highest BCUT2D eigenvalue weighted by Gasteiger charge is 2.12. The van der Waals surface area contributed by atoms with Crippen LogP contribution in [0.15, 0.2) is 84.9 Å². The topological polar surface area (TPSA) is 12.5 Å². The molecular formula is C31H38ClNO. The molecule has 0 N–H and O–H groups in total. The van der Waals surface area contributed by atoms with E-state index in [1.54, 1.807) is 0 Å². The molecule has 0 saturated heterocycles. The number of hydrogen-bond acceptors (Lipinski definition) is 2. The van der Waals surface area contributed by atoms with Gasteiger partial charge in [0.25, 0.3) is 0 Å². The molecule has 0 bridgehead atoms. The lowest BCUT2D eigenvalue weighted by Gasteiger charge is -2.17. The van der Waals surface area contributed by atoms with Gasteiger partial charge in [0.1, 0.15) is 5.75 Å². The molecule has 3 rings (SSSR count). The summed E-state index contributed by atoms with van der Waals surface area (Å²) < 4.78 is 6.01. The van der Waals surface area contributed by atoms with Crippen molar-refractivity contribution in [3.8, 4) is 5.75 Å². The summed E-state index contributed by atoms with van der Waals surface area (Å²) in [7, 11) is 0. The number of halogens is 1. The molecular weight excluding hydrogens is 438 g/mol. The van der Waals surface area contributed by atoms with E-state index in [-0.39, 0.29) is 0 Å². The van der Waals surface area contributed by atoms with Crippen molar-refractivity contribution in [3.05, 3.63) is 102 Å². The van der Waals surface area contributed by atoms with Gasteiger partial charge in [-0.05, 0) is 61.3 Å². The molecule has 0 aliphatic carbocycles. The second-order valence-corrected chi connectivity index (χ2v) is 8.97. The monoisotopic (exact) mass is 475 g/mol. The van der Waals surface area contributed by atoms with Gasteiger partial charge >= 0.3 is 0 Å². The molecule has 3 aromatic rings. The maximum Gasteiger partial charge on any atom is 0.119 e. The summed E-state index contributed by atoms with van der Waals surface area (Å²) in [6, 6.07) is 28.8. The van der Waals surface area contributed by atoms with Crippen molar-refractivity contribution in [3.63, 3.8) is 0 Å². The van der Waals surface area contributed by atoms with Gasteiger partial charge in [-0.25, -0.2) is 0 Å². The van der Waals surface area contributed by atoms with E-state index in [9.17, 15) is 0 Å². The predicted octanol–water partition coefficient (Wildman–Crippen LogP) is 8.51. The molecule has 0 aliphatic rings. The number of rotatable bonds is 14. The van der Waals surface area contributed by atoms with Crippen LogP contribution in [0.2, 0.25) is 0 Å². The molecule has 0 fully saturated rings. The standard InChI is InChI=1S/C31H38ClNO/c1-3-33(4-2)24-14-6-5-7-15-25-34-29-22-20-27(21-23-29)30(26-16-10-8-11-17-26)31(32)28-18-12-9-13-19-28/h8-13,16-23H,3-7,14-15,24-25H2,1-2H3. The molecule has 34 heavy (non-hydrogen) atoms. The Labute approximate surface area is 211 Å². The molecule has 0 amide bonds. The van der Waals surface area contributed by atoms with Crippen LogP contribution in [0.1, 0.15) is 62.6 Å². The van der Waals surface area contributed by atoms with E-state index in [0.29, 0.717) is 0 Å². The van der Waals surface area contributed by atoms with Gasteiger partial charge < -0.3 is 9.64 Å². The fraction of sp³-hybridized carbons (Fsp3) is 0.355. The van der Waals surface area contributed by atoms with Crippen LogP contribution in [0.4, 0.5) is 0 Å². The Morgan fingerprint density at radius 2 is 1.18 bits per heavy atom. The van der Waals surface area contributed by atoms with E-state index < -0.39 is 0 Å². The molecule has 0 saturated carbocycles. The van der Waals surface area contributed by atoms with Crippen LogP contribution in [0.25, 0.3) is 10.6 Å². The largest absolute Gasteiger partial charge is 0.494 e. The minimum atomic E-state index is 0.751. The zero-order valence-corrected chi connectivity index (χ0v) is 21.4. The Hall–Kier alpha value is -2.55. The number of unbranched alkanes of at least 4 members (excludes halogenated alkanes) is 4. The summed E-state index contributed by atoms with van der Waals surface area (Å²) in [6.07, 6.45) is 6.22. The third-order valence-corrected chi connectivity index (χ3v) is 6.64. The fourth-order valence-electron chi connectivity index (χ4n) is 4.17. The quantitative estimate of drug-likeness (QED) is 0.171. The SMILES string of the molecule is CCN(CC)CCCCCCCOc1ccc(C(=C(Cl)c2ccccc2)c2ccccc2)cc1. The lowest BCUT2D eigenvalue weighted by molar-refractivity contribution is 0.289. The van der Waals surface area contributed by atoms with E-state index in [2.05, 4.69) is 55.1 Å². The Bertz CT molecular complexity index is 979. The molecule has 3 aromatic carbocycles. The Balaban J connectivity index is 1.55. The van der Waals surface area contributed by atoms with Crippen LogP contribution >= 0.6 is 11.6 Å². The molecule has 0 aromatic heterocycles. The van der Waals surface area contributed by atoms with Crippen LogP contribution in [0.5, 0.6) is 5.75 Å². The van der Waals surface area contributed by atoms with Crippen molar-refractivity contribution in [1.82, 2.24) is 4.90 Å². The van der Waals surface area contributed by atoms with Crippen molar-refractivity contribution in [1.29, 1.82) is 0 Å². The van der Waals surface area contributed by atoms with Crippen LogP contribution in [-0.4, -0.2) is 31.1 Å². The second kappa shape index (κ2) is 14.7. The first kappa shape index (κ1) is 26.1. The summed E-state index contributed by atoms with van der Waals surface area (Å²) in [5, 5.41) is 0.751. The second-order valence-electron chi connectivity index (χ2n) is 8.59. The van der Waals surface area contributed by atoms with Gasteiger partial charge in [-0.2, -0.15) is 0 Å². The van der Waals surface area contributed by atoms with E-state index >= 15 is 0 Å². The van der Waals surface area contributed by atoms with Crippen LogP contribution in [-0.2, 0) is 0 Å². The van der Waals surface area contributed by atoms with Crippen molar-refractivity contribution in [2.45, 2.75) is 46.0 Å². The fourth-order valence-corrected chi connectivity index (χ4v) is 4.51. The maximum absolute atomic E-state index is 6.92. The summed E-state index contributed by atoms with van der Waals surface area (Å²) in [5.74, 6) is 0.911. The van der Waals surface area contributed by atoms with E-state index in [1.807, 2.05) is 48.5 Å². The molecule has 0 atom stereocenters. The predicted molar refractivity (Wildman–Crippen MR) is 147 cm³/mol. The number of nitrogens with zero attached hydrogens (tertiary/aromatic N) is 1. The molecule has 0 aliphatic heterocycles. The molecule has 0 spiro atoms. The van der Waals surface area contributed by atoms with Gasteiger partial charge in [0.05, 0.1) is 11.6 Å². The highest BCUT2D eigenvalue weighted by Crippen LogP contribution is 2.35. The summed E-state index contributed by atoms with van der Waals surface area (Å²) in [4.78, 5) is 2.50. The Morgan fingerprint density at radius 3 is 1.79 bits per heavy atom. The molecule has 0 heterocycles. The number of hydrogen-bond donors (Lipinski definition) is 0. The maximum atomic E-state index is 6.92. The third kappa shape index (κ3) is 8.04. The van der Waals surface area contributed by atoms with Gasteiger partial charge in [0, 0.05) is 5.57 Å². The number of benzene rings is 3. The van der Waals surface area contributed by atoms with E-state index in [0.717, 1.165) is 59.2 Å². The van der Waals surface area contributed by atoms with Crippen LogP contribution in [0, 0.1) is 0 Å². The molecule has 180 valence electrons. The van der Waals surface area contributed by atoms with Gasteiger partial charge in [-0.15, -0.1) is 0 Å². The first-order valence-corrected chi connectivity index (χ1v) is 13.1. The van der Waals surface area contributed by atoms with Crippen LogP contribution < -0.4 is 4.74 Å². The molecule has 2 nitrogen and oxygen atoms in total. The minimum Gasteiger partial charge on any atom is -0.494 e. The molecule has 3 heteroatoms. The average Bonchev–Trinajstić information content (AvgIpc) is 2.90.